The molecule has 82 valence electrons. The molecule has 1 aromatic carbocycles. The molecular weight excluding hydrogens is 196 g/mol. The highest BCUT2D eigenvalue weighted by atomic mass is 15.2. The molecule has 2 fully saturated rings. The second-order valence-corrected chi connectivity index (χ2v) is 5.10. The van der Waals surface area contributed by atoms with Gasteiger partial charge in [0.2, 0.25) is 0 Å². The number of nitriles is 1. The van der Waals surface area contributed by atoms with Crippen LogP contribution in [0.3, 0.4) is 0 Å². The van der Waals surface area contributed by atoms with E-state index in [-0.39, 0.29) is 0 Å². The molecule has 0 N–H and O–H groups in total. The Morgan fingerprint density at radius 3 is 2.81 bits per heavy atom. The molecule has 1 aliphatic heterocycles. The third-order valence-electron chi connectivity index (χ3n) is 4.04. The average molecular weight is 212 g/mol. The molecule has 2 aliphatic rings. The Kier molecular flexibility index (Phi) is 2.14. The lowest BCUT2D eigenvalue weighted by molar-refractivity contribution is 0.553. The van der Waals surface area contributed by atoms with Gasteiger partial charge in [-0.15, -0.1) is 0 Å². The van der Waals surface area contributed by atoms with E-state index >= 15 is 0 Å². The minimum Gasteiger partial charge on any atom is -0.368 e. The molecule has 0 radical (unpaired) electrons. The first-order valence-electron chi connectivity index (χ1n) is 6.05. The second kappa shape index (κ2) is 3.52. The largest absolute Gasteiger partial charge is 0.368 e. The van der Waals surface area contributed by atoms with Crippen LogP contribution in [0.15, 0.2) is 18.2 Å². The molecule has 16 heavy (non-hydrogen) atoms. The topological polar surface area (TPSA) is 27.0 Å². The Bertz CT molecular complexity index is 458. The van der Waals surface area contributed by atoms with Crippen molar-refractivity contribution < 1.29 is 0 Å². The summed E-state index contributed by atoms with van der Waals surface area (Å²) in [4.78, 5) is 2.55. The fourth-order valence-corrected chi connectivity index (χ4v) is 3.27. The summed E-state index contributed by atoms with van der Waals surface area (Å²) in [6.45, 7) is 3.33. The van der Waals surface area contributed by atoms with Gasteiger partial charge in [-0.2, -0.15) is 5.26 Å². The smallest absolute Gasteiger partial charge is 0.0991 e. The predicted octanol–water partition coefficient (Wildman–Crippen LogP) is 2.86. The molecule has 0 unspecified atom stereocenters. The lowest BCUT2D eigenvalue weighted by Crippen LogP contribution is -2.32. The Morgan fingerprint density at radius 1 is 1.38 bits per heavy atom. The first kappa shape index (κ1) is 9.72. The SMILES string of the molecule is Cc1cc(C#N)ccc1N1C[C@H]2CC[C@@H]1C2. The number of hydrogen-bond donors (Lipinski definition) is 0. The number of nitrogens with zero attached hydrogens (tertiary/aromatic N) is 2. The highest BCUT2D eigenvalue weighted by Crippen LogP contribution is 2.41. The van der Waals surface area contributed by atoms with E-state index in [1.54, 1.807) is 0 Å². The zero-order chi connectivity index (χ0) is 11.1. The summed E-state index contributed by atoms with van der Waals surface area (Å²) in [6, 6.07) is 9.02. The van der Waals surface area contributed by atoms with Gasteiger partial charge in [0.1, 0.15) is 0 Å². The molecule has 1 aliphatic carbocycles. The molecular formula is C14H16N2. The van der Waals surface area contributed by atoms with Crippen LogP contribution in [0.1, 0.15) is 30.4 Å². The quantitative estimate of drug-likeness (QED) is 0.715. The standard InChI is InChI=1S/C14H16N2/c1-10-6-11(8-15)3-5-14(10)16-9-12-2-4-13(16)7-12/h3,5-6,12-13H,2,4,7,9H2,1H3/t12-,13+/m0/s1. The molecule has 3 rings (SSSR count). The van der Waals surface area contributed by atoms with Gasteiger partial charge >= 0.3 is 0 Å². The predicted molar refractivity (Wildman–Crippen MR) is 64.4 cm³/mol. The number of benzene rings is 1. The Balaban J connectivity index is 1.93. The van der Waals surface area contributed by atoms with E-state index in [0.717, 1.165) is 17.5 Å². The van der Waals surface area contributed by atoms with Crippen LogP contribution in [-0.2, 0) is 0 Å². The van der Waals surface area contributed by atoms with Gasteiger partial charge in [-0.1, -0.05) is 0 Å². The molecule has 1 saturated heterocycles. The van der Waals surface area contributed by atoms with Crippen LogP contribution < -0.4 is 4.90 Å². The van der Waals surface area contributed by atoms with Crippen LogP contribution in [0.25, 0.3) is 0 Å². The number of piperidine rings is 1. The second-order valence-electron chi connectivity index (χ2n) is 5.10. The van der Waals surface area contributed by atoms with Crippen LogP contribution in [-0.4, -0.2) is 12.6 Å². The zero-order valence-electron chi connectivity index (χ0n) is 9.61. The van der Waals surface area contributed by atoms with Gasteiger partial charge in [-0.3, -0.25) is 0 Å². The fourth-order valence-electron chi connectivity index (χ4n) is 3.27. The molecule has 2 heteroatoms. The van der Waals surface area contributed by atoms with E-state index in [1.165, 1.54) is 37.1 Å². The minimum absolute atomic E-state index is 0.761. The summed E-state index contributed by atoms with van der Waals surface area (Å²) in [5.74, 6) is 0.917. The average Bonchev–Trinajstić information content (AvgIpc) is 2.90. The summed E-state index contributed by atoms with van der Waals surface area (Å²) < 4.78 is 0. The monoisotopic (exact) mass is 212 g/mol. The van der Waals surface area contributed by atoms with Crippen LogP contribution in [0.4, 0.5) is 5.69 Å². The summed E-state index contributed by atoms with van der Waals surface area (Å²) in [6.07, 6.45) is 4.14. The Labute approximate surface area is 96.5 Å². The Hall–Kier alpha value is -1.49. The Morgan fingerprint density at radius 2 is 2.25 bits per heavy atom. The molecule has 1 saturated carbocycles. The lowest BCUT2D eigenvalue weighted by atomic mass is 10.1. The highest BCUT2D eigenvalue weighted by Gasteiger charge is 2.38. The molecule has 2 nitrogen and oxygen atoms in total. The molecule has 0 spiro atoms. The number of rotatable bonds is 1. The minimum atomic E-state index is 0.761. The van der Waals surface area contributed by atoms with E-state index in [4.69, 9.17) is 5.26 Å². The van der Waals surface area contributed by atoms with Gasteiger partial charge in [0.05, 0.1) is 11.6 Å². The van der Waals surface area contributed by atoms with Crippen LogP contribution >= 0.6 is 0 Å². The van der Waals surface area contributed by atoms with Crippen LogP contribution in [0.5, 0.6) is 0 Å². The molecule has 0 amide bonds. The zero-order valence-corrected chi connectivity index (χ0v) is 9.61. The maximum absolute atomic E-state index is 8.86. The molecule has 1 heterocycles. The van der Waals surface area contributed by atoms with E-state index in [1.807, 2.05) is 12.1 Å². The van der Waals surface area contributed by atoms with Crippen LogP contribution in [0, 0.1) is 24.2 Å². The third-order valence-corrected chi connectivity index (χ3v) is 4.04. The van der Waals surface area contributed by atoms with Crippen molar-refractivity contribution in [1.29, 1.82) is 5.26 Å². The summed E-state index contributed by atoms with van der Waals surface area (Å²) in [7, 11) is 0. The van der Waals surface area contributed by atoms with Gasteiger partial charge in [0.15, 0.2) is 0 Å². The van der Waals surface area contributed by atoms with Crippen molar-refractivity contribution in [3.05, 3.63) is 29.3 Å². The van der Waals surface area contributed by atoms with Crippen molar-refractivity contribution in [2.45, 2.75) is 32.2 Å². The summed E-state index contributed by atoms with van der Waals surface area (Å²) in [5, 5.41) is 8.86. The van der Waals surface area contributed by atoms with Crippen molar-refractivity contribution in [2.24, 2.45) is 5.92 Å². The number of fused-ring (bicyclic) bond motifs is 2. The summed E-state index contributed by atoms with van der Waals surface area (Å²) in [5.41, 5.74) is 3.35. The van der Waals surface area contributed by atoms with Crippen molar-refractivity contribution in [2.75, 3.05) is 11.4 Å². The first-order valence-corrected chi connectivity index (χ1v) is 6.05. The number of aryl methyl sites for hydroxylation is 1. The van der Waals surface area contributed by atoms with Crippen molar-refractivity contribution in [3.8, 4) is 6.07 Å². The number of anilines is 1. The maximum Gasteiger partial charge on any atom is 0.0991 e. The van der Waals surface area contributed by atoms with Crippen LogP contribution in [0.2, 0.25) is 0 Å². The summed E-state index contributed by atoms with van der Waals surface area (Å²) >= 11 is 0. The van der Waals surface area contributed by atoms with E-state index in [0.29, 0.717) is 0 Å². The van der Waals surface area contributed by atoms with E-state index < -0.39 is 0 Å². The van der Waals surface area contributed by atoms with Crippen molar-refractivity contribution >= 4 is 5.69 Å². The molecule has 2 atom stereocenters. The van der Waals surface area contributed by atoms with E-state index in [2.05, 4.69) is 24.0 Å². The fraction of sp³-hybridized carbons (Fsp3) is 0.500. The molecule has 2 bridgehead atoms. The lowest BCUT2D eigenvalue weighted by Gasteiger charge is -2.30. The molecule has 1 aromatic rings. The van der Waals surface area contributed by atoms with Gasteiger partial charge in [0.25, 0.3) is 0 Å². The first-order chi connectivity index (χ1) is 7.78. The normalized spacial score (nSPS) is 27.1. The van der Waals surface area contributed by atoms with Gasteiger partial charge in [0, 0.05) is 18.3 Å². The van der Waals surface area contributed by atoms with Gasteiger partial charge in [-0.05, 0) is 55.9 Å². The van der Waals surface area contributed by atoms with Gasteiger partial charge in [-0.25, -0.2) is 0 Å². The maximum atomic E-state index is 8.86. The highest BCUT2D eigenvalue weighted by molar-refractivity contribution is 5.58. The van der Waals surface area contributed by atoms with Gasteiger partial charge < -0.3 is 4.90 Å². The molecule has 0 aromatic heterocycles. The third kappa shape index (κ3) is 1.39. The van der Waals surface area contributed by atoms with Crippen molar-refractivity contribution in [3.63, 3.8) is 0 Å². The van der Waals surface area contributed by atoms with Crippen molar-refractivity contribution in [1.82, 2.24) is 0 Å². The number of hydrogen-bond acceptors (Lipinski definition) is 2. The van der Waals surface area contributed by atoms with E-state index in [9.17, 15) is 0 Å².